The minimum Gasteiger partial charge on any atom is -0.345 e. The average molecular weight is 232 g/mol. The molecule has 3 N–H and O–H groups in total. The molecule has 2 aromatic rings. The fraction of sp³-hybridized carbons (Fsp3) is 0.182. The normalized spacial score (nSPS) is 10.2. The maximum absolute atomic E-state index is 11.5. The molecule has 6 heteroatoms. The third-order valence-electron chi connectivity index (χ3n) is 2.29. The first-order valence-electron chi connectivity index (χ1n) is 5.13. The number of carbonyl (C=O) groups is 1. The summed E-state index contributed by atoms with van der Waals surface area (Å²) in [6, 6.07) is 7.81. The first kappa shape index (κ1) is 11.1. The Kier molecular flexibility index (Phi) is 3.04. The number of aryl methyl sites for hydroxylation is 1. The van der Waals surface area contributed by atoms with Crippen LogP contribution in [0.15, 0.2) is 29.1 Å². The second kappa shape index (κ2) is 4.65. The van der Waals surface area contributed by atoms with Crippen molar-refractivity contribution in [1.29, 1.82) is 0 Å². The van der Waals surface area contributed by atoms with Crippen molar-refractivity contribution in [1.82, 2.24) is 20.5 Å². The summed E-state index contributed by atoms with van der Waals surface area (Å²) in [5.74, 6) is -0.425. The monoisotopic (exact) mass is 232 g/mol. The molecule has 0 unspecified atom stereocenters. The predicted molar refractivity (Wildman–Crippen MR) is 61.6 cm³/mol. The Morgan fingerprint density at radius 3 is 2.65 bits per heavy atom. The number of carbonyl (C=O) groups excluding carboxylic acids is 1. The van der Waals surface area contributed by atoms with Crippen LogP contribution in [0.25, 0.3) is 0 Å². The molecule has 6 nitrogen and oxygen atoms in total. The summed E-state index contributed by atoms with van der Waals surface area (Å²) in [5.41, 5.74) is 1.66. The second-order valence-corrected chi connectivity index (χ2v) is 3.69. The van der Waals surface area contributed by atoms with E-state index < -0.39 is 11.6 Å². The van der Waals surface area contributed by atoms with Crippen LogP contribution >= 0.6 is 0 Å². The van der Waals surface area contributed by atoms with Gasteiger partial charge in [0.25, 0.3) is 5.91 Å². The molecular weight excluding hydrogens is 220 g/mol. The fourth-order valence-electron chi connectivity index (χ4n) is 1.35. The molecule has 0 aliphatic carbocycles. The van der Waals surface area contributed by atoms with Crippen LogP contribution in [-0.4, -0.2) is 21.1 Å². The maximum atomic E-state index is 11.5. The van der Waals surface area contributed by atoms with Crippen LogP contribution in [0.2, 0.25) is 0 Å². The van der Waals surface area contributed by atoms with E-state index in [2.05, 4.69) is 20.5 Å². The third-order valence-corrected chi connectivity index (χ3v) is 2.29. The topological polar surface area (TPSA) is 90.6 Å². The lowest BCUT2D eigenvalue weighted by atomic mass is 10.1. The molecule has 1 aromatic carbocycles. The standard InChI is InChI=1S/C11H12N4O2/c1-7-2-4-8(5-3-7)6-12-10(16)9-13-11(17)15-14-9/h2-5H,6H2,1H3,(H,12,16)(H2,13,14,15,17). The maximum Gasteiger partial charge on any atom is 0.341 e. The Bertz CT molecular complexity index is 568. The number of aromatic amines is 2. The van der Waals surface area contributed by atoms with Crippen molar-refractivity contribution in [2.45, 2.75) is 13.5 Å². The Labute approximate surface area is 97.1 Å². The van der Waals surface area contributed by atoms with Gasteiger partial charge in [-0.2, -0.15) is 0 Å². The molecule has 1 heterocycles. The molecular formula is C11H12N4O2. The summed E-state index contributed by atoms with van der Waals surface area (Å²) in [5, 5.41) is 8.33. The van der Waals surface area contributed by atoms with Crippen molar-refractivity contribution in [3.63, 3.8) is 0 Å². The molecule has 0 saturated carbocycles. The molecule has 0 spiro atoms. The third kappa shape index (κ3) is 2.81. The summed E-state index contributed by atoms with van der Waals surface area (Å²) in [7, 11) is 0. The van der Waals surface area contributed by atoms with Gasteiger partial charge in [0.05, 0.1) is 0 Å². The predicted octanol–water partition coefficient (Wildman–Crippen LogP) is 0.336. The highest BCUT2D eigenvalue weighted by Gasteiger charge is 2.08. The SMILES string of the molecule is Cc1ccc(CNC(=O)c2n[nH]c(=O)[nH]2)cc1. The number of benzene rings is 1. The summed E-state index contributed by atoms with van der Waals surface area (Å²) >= 11 is 0. The van der Waals surface area contributed by atoms with Crippen LogP contribution in [0.1, 0.15) is 21.7 Å². The molecule has 1 aromatic heterocycles. The van der Waals surface area contributed by atoms with E-state index in [9.17, 15) is 9.59 Å². The second-order valence-electron chi connectivity index (χ2n) is 3.69. The van der Waals surface area contributed by atoms with Gasteiger partial charge in [-0.25, -0.2) is 9.89 Å². The molecule has 0 saturated heterocycles. The van der Waals surface area contributed by atoms with Crippen LogP contribution in [0.3, 0.4) is 0 Å². The minimum atomic E-state index is -0.495. The van der Waals surface area contributed by atoms with Gasteiger partial charge < -0.3 is 5.32 Å². The van der Waals surface area contributed by atoms with Crippen molar-refractivity contribution >= 4 is 5.91 Å². The van der Waals surface area contributed by atoms with E-state index in [4.69, 9.17) is 0 Å². The van der Waals surface area contributed by atoms with Gasteiger partial charge in [0.2, 0.25) is 5.82 Å². The van der Waals surface area contributed by atoms with Gasteiger partial charge in [-0.1, -0.05) is 29.8 Å². The zero-order valence-corrected chi connectivity index (χ0v) is 9.28. The highest BCUT2D eigenvalue weighted by atomic mass is 16.2. The zero-order valence-electron chi connectivity index (χ0n) is 9.28. The van der Waals surface area contributed by atoms with Gasteiger partial charge >= 0.3 is 5.69 Å². The lowest BCUT2D eigenvalue weighted by Gasteiger charge is -2.03. The van der Waals surface area contributed by atoms with Crippen LogP contribution in [0.5, 0.6) is 0 Å². The molecule has 2 rings (SSSR count). The molecule has 17 heavy (non-hydrogen) atoms. The highest BCUT2D eigenvalue weighted by Crippen LogP contribution is 2.02. The number of rotatable bonds is 3. The van der Waals surface area contributed by atoms with Crippen LogP contribution in [0.4, 0.5) is 0 Å². The van der Waals surface area contributed by atoms with Gasteiger partial charge in [0.15, 0.2) is 0 Å². The van der Waals surface area contributed by atoms with Crippen molar-refractivity contribution in [3.05, 3.63) is 51.7 Å². The van der Waals surface area contributed by atoms with Crippen molar-refractivity contribution in [2.75, 3.05) is 0 Å². The van der Waals surface area contributed by atoms with E-state index in [1.54, 1.807) is 0 Å². The first-order chi connectivity index (χ1) is 8.15. The van der Waals surface area contributed by atoms with Gasteiger partial charge in [0.1, 0.15) is 0 Å². The smallest absolute Gasteiger partial charge is 0.341 e. The highest BCUT2D eigenvalue weighted by molar-refractivity contribution is 5.90. The van der Waals surface area contributed by atoms with E-state index >= 15 is 0 Å². The molecule has 0 fully saturated rings. The molecule has 1 amide bonds. The zero-order chi connectivity index (χ0) is 12.3. The summed E-state index contributed by atoms with van der Waals surface area (Å²) < 4.78 is 0. The lowest BCUT2D eigenvalue weighted by Crippen LogP contribution is -2.24. The van der Waals surface area contributed by atoms with Gasteiger partial charge in [-0.15, -0.1) is 5.10 Å². The van der Waals surface area contributed by atoms with Crippen molar-refractivity contribution in [2.24, 2.45) is 0 Å². The molecule has 88 valence electrons. The van der Waals surface area contributed by atoms with Gasteiger partial charge in [-0.05, 0) is 12.5 Å². The molecule has 0 bridgehead atoms. The largest absolute Gasteiger partial charge is 0.345 e. The molecule has 0 radical (unpaired) electrons. The summed E-state index contributed by atoms with van der Waals surface area (Å²) in [6.07, 6.45) is 0. The van der Waals surface area contributed by atoms with E-state index in [1.165, 1.54) is 0 Å². The number of hydrogen-bond donors (Lipinski definition) is 3. The van der Waals surface area contributed by atoms with Gasteiger partial charge in [0, 0.05) is 6.54 Å². The summed E-state index contributed by atoms with van der Waals surface area (Å²) in [6.45, 7) is 2.39. The minimum absolute atomic E-state index is 0.0119. The Balaban J connectivity index is 1.96. The lowest BCUT2D eigenvalue weighted by molar-refractivity contribution is 0.0941. The van der Waals surface area contributed by atoms with Crippen molar-refractivity contribution in [3.8, 4) is 0 Å². The van der Waals surface area contributed by atoms with Crippen LogP contribution < -0.4 is 11.0 Å². The Hall–Kier alpha value is -2.37. The fourth-order valence-corrected chi connectivity index (χ4v) is 1.35. The summed E-state index contributed by atoms with van der Waals surface area (Å²) in [4.78, 5) is 24.6. The van der Waals surface area contributed by atoms with Gasteiger partial charge in [-0.3, -0.25) is 9.78 Å². The van der Waals surface area contributed by atoms with E-state index in [1.807, 2.05) is 31.2 Å². The number of aromatic nitrogens is 3. The molecule has 0 aliphatic heterocycles. The van der Waals surface area contributed by atoms with E-state index in [0.29, 0.717) is 6.54 Å². The van der Waals surface area contributed by atoms with Crippen LogP contribution in [0, 0.1) is 6.92 Å². The van der Waals surface area contributed by atoms with E-state index in [0.717, 1.165) is 11.1 Å². The number of amides is 1. The quantitative estimate of drug-likeness (QED) is 0.712. The van der Waals surface area contributed by atoms with Crippen molar-refractivity contribution < 1.29 is 4.79 Å². The molecule has 0 aliphatic rings. The molecule has 0 atom stereocenters. The average Bonchev–Trinajstić information content (AvgIpc) is 2.75. The first-order valence-corrected chi connectivity index (χ1v) is 5.13. The number of hydrogen-bond acceptors (Lipinski definition) is 3. The number of nitrogens with one attached hydrogen (secondary N) is 3. The Morgan fingerprint density at radius 2 is 2.06 bits per heavy atom. The van der Waals surface area contributed by atoms with Crippen LogP contribution in [-0.2, 0) is 6.54 Å². The Morgan fingerprint density at radius 1 is 1.35 bits per heavy atom. The van der Waals surface area contributed by atoms with E-state index in [-0.39, 0.29) is 5.82 Å². The number of nitrogens with zero attached hydrogens (tertiary/aromatic N) is 1. The number of H-pyrrole nitrogens is 2.